The second kappa shape index (κ2) is 10.0. The standard InChI is InChI=1S/C32H29F3N2O4/c33-32(34,35)31(12-13-31)30(41)37-14-11-24-23(20-7-4-8-21(15-20)29(39)40)10-9-22(27(24)18-37)17-36-28(38)26-16-25(26)19-5-2-1-3-6-19/h1-10,15,25-26H,11-14,16-18H2,(H,36,38)(H,39,40). The van der Waals surface area contributed by atoms with Crippen LogP contribution in [0.2, 0.25) is 0 Å². The number of fused-ring (bicyclic) bond motifs is 1. The lowest BCUT2D eigenvalue weighted by molar-refractivity contribution is -0.199. The van der Waals surface area contributed by atoms with Gasteiger partial charge < -0.3 is 15.3 Å². The minimum atomic E-state index is -4.60. The largest absolute Gasteiger partial charge is 0.478 e. The van der Waals surface area contributed by atoms with Gasteiger partial charge in [-0.25, -0.2) is 4.79 Å². The van der Waals surface area contributed by atoms with Gasteiger partial charge in [0.25, 0.3) is 0 Å². The van der Waals surface area contributed by atoms with Crippen molar-refractivity contribution in [3.63, 3.8) is 0 Å². The van der Waals surface area contributed by atoms with E-state index in [9.17, 15) is 32.7 Å². The van der Waals surface area contributed by atoms with Gasteiger partial charge in [0, 0.05) is 25.6 Å². The number of nitrogens with one attached hydrogen (secondary N) is 1. The maximum Gasteiger partial charge on any atom is 0.403 e. The van der Waals surface area contributed by atoms with Crippen LogP contribution in [0.3, 0.4) is 0 Å². The minimum absolute atomic E-state index is 0.000267. The molecule has 3 aliphatic rings. The Morgan fingerprint density at radius 1 is 0.976 bits per heavy atom. The van der Waals surface area contributed by atoms with Crippen LogP contribution in [0, 0.1) is 11.3 Å². The van der Waals surface area contributed by atoms with Gasteiger partial charge in [-0.2, -0.15) is 13.2 Å². The van der Waals surface area contributed by atoms with Crippen molar-refractivity contribution in [2.45, 2.75) is 50.9 Å². The van der Waals surface area contributed by atoms with E-state index in [1.807, 2.05) is 42.5 Å². The summed E-state index contributed by atoms with van der Waals surface area (Å²) in [6.07, 6.45) is -3.92. The third-order valence-corrected chi connectivity index (χ3v) is 8.73. The van der Waals surface area contributed by atoms with E-state index in [1.165, 1.54) is 11.0 Å². The van der Waals surface area contributed by atoms with E-state index in [2.05, 4.69) is 5.32 Å². The highest BCUT2D eigenvalue weighted by molar-refractivity contribution is 5.90. The summed E-state index contributed by atoms with van der Waals surface area (Å²) in [7, 11) is 0. The Labute approximate surface area is 235 Å². The normalized spacial score (nSPS) is 20.6. The van der Waals surface area contributed by atoms with E-state index in [0.29, 0.717) is 17.5 Å². The Hall–Kier alpha value is -4.14. The van der Waals surface area contributed by atoms with Crippen LogP contribution in [-0.2, 0) is 29.1 Å². The molecule has 0 spiro atoms. The highest BCUT2D eigenvalue weighted by Crippen LogP contribution is 2.59. The Kier molecular flexibility index (Phi) is 6.63. The highest BCUT2D eigenvalue weighted by atomic mass is 19.4. The zero-order chi connectivity index (χ0) is 28.9. The van der Waals surface area contributed by atoms with Gasteiger partial charge in [-0.05, 0) is 77.1 Å². The van der Waals surface area contributed by atoms with Crippen molar-refractivity contribution in [1.82, 2.24) is 10.2 Å². The van der Waals surface area contributed by atoms with Crippen LogP contribution in [0.1, 0.15) is 57.8 Å². The lowest BCUT2D eigenvalue weighted by atomic mass is 9.86. The van der Waals surface area contributed by atoms with E-state index < -0.39 is 23.5 Å². The average Bonchev–Trinajstić information content (AvgIpc) is 3.89. The molecule has 1 aliphatic heterocycles. The molecular formula is C32H29F3N2O4. The topological polar surface area (TPSA) is 86.7 Å². The van der Waals surface area contributed by atoms with Gasteiger partial charge in [0.05, 0.1) is 5.56 Å². The monoisotopic (exact) mass is 562 g/mol. The van der Waals surface area contributed by atoms with E-state index in [1.54, 1.807) is 18.2 Å². The van der Waals surface area contributed by atoms with Gasteiger partial charge in [0.2, 0.25) is 11.8 Å². The van der Waals surface area contributed by atoms with E-state index in [-0.39, 0.29) is 55.8 Å². The van der Waals surface area contributed by atoms with Crippen molar-refractivity contribution in [2.75, 3.05) is 6.54 Å². The van der Waals surface area contributed by atoms with Crippen molar-refractivity contribution in [3.8, 4) is 11.1 Å². The SMILES string of the molecule is O=C(O)c1cccc(-c2ccc(CNC(=O)C3CC3c3ccccc3)c3c2CCN(C(=O)C2(C(F)(F)F)CC2)C3)c1. The van der Waals surface area contributed by atoms with Crippen LogP contribution >= 0.6 is 0 Å². The molecule has 1 heterocycles. The number of nitrogens with zero attached hydrogens (tertiary/aromatic N) is 1. The molecule has 6 rings (SSSR count). The first kappa shape index (κ1) is 27.1. The summed E-state index contributed by atoms with van der Waals surface area (Å²) in [5, 5.41) is 12.5. The summed E-state index contributed by atoms with van der Waals surface area (Å²) in [5.41, 5.74) is 2.68. The molecule has 2 fully saturated rings. The zero-order valence-corrected chi connectivity index (χ0v) is 22.2. The molecular weight excluding hydrogens is 533 g/mol. The van der Waals surface area contributed by atoms with Gasteiger partial charge in [-0.1, -0.05) is 54.6 Å². The smallest absolute Gasteiger partial charge is 0.403 e. The fourth-order valence-corrected chi connectivity index (χ4v) is 6.08. The van der Waals surface area contributed by atoms with Crippen molar-refractivity contribution < 1.29 is 32.7 Å². The number of carbonyl (C=O) groups is 3. The molecule has 41 heavy (non-hydrogen) atoms. The number of carboxylic acid groups (broad SMARTS) is 1. The van der Waals surface area contributed by atoms with Crippen molar-refractivity contribution in [2.24, 2.45) is 11.3 Å². The van der Waals surface area contributed by atoms with Crippen molar-refractivity contribution in [1.29, 1.82) is 0 Å². The number of alkyl halides is 3. The van der Waals surface area contributed by atoms with Gasteiger partial charge in [-0.15, -0.1) is 0 Å². The van der Waals surface area contributed by atoms with Gasteiger partial charge in [0.15, 0.2) is 0 Å². The fourth-order valence-electron chi connectivity index (χ4n) is 6.08. The second-order valence-corrected chi connectivity index (χ2v) is 11.2. The van der Waals surface area contributed by atoms with Crippen molar-refractivity contribution in [3.05, 3.63) is 94.5 Å². The first-order valence-electron chi connectivity index (χ1n) is 13.8. The molecule has 0 aromatic heterocycles. The Bertz CT molecular complexity index is 1530. The van der Waals surface area contributed by atoms with Gasteiger partial charge >= 0.3 is 12.1 Å². The molecule has 3 aromatic carbocycles. The molecule has 2 atom stereocenters. The molecule has 0 saturated heterocycles. The molecule has 2 saturated carbocycles. The summed E-state index contributed by atoms with van der Waals surface area (Å²) in [6, 6.07) is 20.0. The van der Waals surface area contributed by atoms with Crippen molar-refractivity contribution >= 4 is 17.8 Å². The number of hydrogen-bond acceptors (Lipinski definition) is 3. The Balaban J connectivity index is 1.28. The quantitative estimate of drug-likeness (QED) is 0.387. The number of rotatable bonds is 7. The number of aromatic carboxylic acids is 1. The molecule has 2 unspecified atom stereocenters. The van der Waals surface area contributed by atoms with Crippen LogP contribution in [0.25, 0.3) is 11.1 Å². The maximum absolute atomic E-state index is 13.8. The Morgan fingerprint density at radius 2 is 1.73 bits per heavy atom. The molecule has 2 N–H and O–H groups in total. The summed E-state index contributed by atoms with van der Waals surface area (Å²) in [4.78, 5) is 39.0. The zero-order valence-electron chi connectivity index (χ0n) is 22.2. The van der Waals surface area contributed by atoms with Crippen LogP contribution < -0.4 is 5.32 Å². The highest BCUT2D eigenvalue weighted by Gasteiger charge is 2.69. The van der Waals surface area contributed by atoms with Crippen LogP contribution in [-0.4, -0.2) is 40.5 Å². The van der Waals surface area contributed by atoms with Gasteiger partial charge in [-0.3, -0.25) is 9.59 Å². The van der Waals surface area contributed by atoms with Gasteiger partial charge in [0.1, 0.15) is 5.41 Å². The first-order valence-corrected chi connectivity index (χ1v) is 13.8. The summed E-state index contributed by atoms with van der Waals surface area (Å²) < 4.78 is 41.3. The average molecular weight is 563 g/mol. The first-order chi connectivity index (χ1) is 19.6. The summed E-state index contributed by atoms with van der Waals surface area (Å²) in [5.74, 6) is -2.01. The second-order valence-electron chi connectivity index (χ2n) is 11.2. The predicted octanol–water partition coefficient (Wildman–Crippen LogP) is 5.70. The molecule has 2 aliphatic carbocycles. The molecule has 3 aromatic rings. The summed E-state index contributed by atoms with van der Waals surface area (Å²) >= 11 is 0. The maximum atomic E-state index is 13.8. The molecule has 0 radical (unpaired) electrons. The lowest BCUT2D eigenvalue weighted by Gasteiger charge is -2.35. The van der Waals surface area contributed by atoms with Crippen LogP contribution in [0.4, 0.5) is 13.2 Å². The third-order valence-electron chi connectivity index (χ3n) is 8.73. The Morgan fingerprint density at radius 3 is 2.41 bits per heavy atom. The van der Waals surface area contributed by atoms with Crippen LogP contribution in [0.5, 0.6) is 0 Å². The number of carboxylic acids is 1. The molecule has 9 heteroatoms. The van der Waals surface area contributed by atoms with E-state index in [4.69, 9.17) is 0 Å². The van der Waals surface area contributed by atoms with E-state index >= 15 is 0 Å². The van der Waals surface area contributed by atoms with Crippen LogP contribution in [0.15, 0.2) is 66.7 Å². The lowest BCUT2D eigenvalue weighted by Crippen LogP contribution is -2.46. The number of hydrogen-bond donors (Lipinski definition) is 2. The predicted molar refractivity (Wildman–Crippen MR) is 145 cm³/mol. The van der Waals surface area contributed by atoms with E-state index in [0.717, 1.165) is 28.7 Å². The fraction of sp³-hybridized carbons (Fsp3) is 0.344. The number of benzene rings is 3. The minimum Gasteiger partial charge on any atom is -0.478 e. The molecule has 2 amide bonds. The number of carbonyl (C=O) groups excluding carboxylic acids is 2. The number of halogens is 3. The molecule has 6 nitrogen and oxygen atoms in total. The summed E-state index contributed by atoms with van der Waals surface area (Å²) in [6.45, 7) is 0.312. The molecule has 0 bridgehead atoms. The third kappa shape index (κ3) is 4.98. The molecule has 212 valence electrons. The number of amides is 2.